The maximum atomic E-state index is 5.98. The summed E-state index contributed by atoms with van der Waals surface area (Å²) in [6, 6.07) is 16.7. The first-order valence-electron chi connectivity index (χ1n) is 6.90. The Balaban J connectivity index is 2.07. The summed E-state index contributed by atoms with van der Waals surface area (Å²) in [6.45, 7) is 5.80. The molecule has 0 aliphatic heterocycles. The molecule has 0 aliphatic carbocycles. The first-order chi connectivity index (χ1) is 9.70. The molecule has 0 saturated heterocycles. The molecular formula is C17H20BrNO. The van der Waals surface area contributed by atoms with E-state index in [1.165, 1.54) is 11.1 Å². The number of rotatable bonds is 6. The SMILES string of the molecule is CCNC(C)c1ccccc1OCc1ccc(Br)cc1. The third-order valence-electron chi connectivity index (χ3n) is 3.20. The van der Waals surface area contributed by atoms with E-state index >= 15 is 0 Å². The van der Waals surface area contributed by atoms with Crippen LogP contribution in [0.5, 0.6) is 5.75 Å². The molecule has 0 aromatic heterocycles. The Bertz CT molecular complexity index is 539. The molecule has 1 atom stereocenters. The van der Waals surface area contributed by atoms with Crippen molar-refractivity contribution in [3.05, 3.63) is 64.1 Å². The Morgan fingerprint density at radius 3 is 2.50 bits per heavy atom. The lowest BCUT2D eigenvalue weighted by molar-refractivity contribution is 0.300. The molecule has 106 valence electrons. The molecule has 0 heterocycles. The van der Waals surface area contributed by atoms with Gasteiger partial charge < -0.3 is 10.1 Å². The molecule has 0 spiro atoms. The Hall–Kier alpha value is -1.32. The van der Waals surface area contributed by atoms with Gasteiger partial charge in [-0.15, -0.1) is 0 Å². The Morgan fingerprint density at radius 2 is 1.80 bits per heavy atom. The zero-order valence-electron chi connectivity index (χ0n) is 11.9. The van der Waals surface area contributed by atoms with Crippen molar-refractivity contribution in [1.29, 1.82) is 0 Å². The minimum atomic E-state index is 0.293. The molecule has 1 N–H and O–H groups in total. The van der Waals surface area contributed by atoms with Crippen LogP contribution in [0.2, 0.25) is 0 Å². The van der Waals surface area contributed by atoms with Gasteiger partial charge in [-0.2, -0.15) is 0 Å². The highest BCUT2D eigenvalue weighted by atomic mass is 79.9. The van der Waals surface area contributed by atoms with Crippen LogP contribution in [0, 0.1) is 0 Å². The van der Waals surface area contributed by atoms with E-state index in [1.54, 1.807) is 0 Å². The van der Waals surface area contributed by atoms with Gasteiger partial charge in [0.15, 0.2) is 0 Å². The summed E-state index contributed by atoms with van der Waals surface area (Å²) < 4.78 is 7.06. The minimum Gasteiger partial charge on any atom is -0.489 e. The highest BCUT2D eigenvalue weighted by Gasteiger charge is 2.10. The van der Waals surface area contributed by atoms with E-state index in [9.17, 15) is 0 Å². The predicted octanol–water partition coefficient (Wildman–Crippen LogP) is 4.70. The third kappa shape index (κ3) is 4.09. The number of hydrogen-bond acceptors (Lipinski definition) is 2. The van der Waals surface area contributed by atoms with Crippen LogP contribution in [0.15, 0.2) is 53.0 Å². The van der Waals surface area contributed by atoms with Crippen LogP contribution in [0.3, 0.4) is 0 Å². The molecule has 0 aliphatic rings. The fourth-order valence-electron chi connectivity index (χ4n) is 2.13. The third-order valence-corrected chi connectivity index (χ3v) is 3.73. The molecule has 0 saturated carbocycles. The fraction of sp³-hybridized carbons (Fsp3) is 0.294. The molecule has 3 heteroatoms. The quantitative estimate of drug-likeness (QED) is 0.827. The van der Waals surface area contributed by atoms with E-state index in [2.05, 4.69) is 59.4 Å². The first-order valence-corrected chi connectivity index (χ1v) is 7.69. The van der Waals surface area contributed by atoms with Gasteiger partial charge in [0.05, 0.1) is 0 Å². The summed E-state index contributed by atoms with van der Waals surface area (Å²) in [5, 5.41) is 3.42. The van der Waals surface area contributed by atoms with E-state index < -0.39 is 0 Å². The number of nitrogens with one attached hydrogen (secondary N) is 1. The zero-order chi connectivity index (χ0) is 14.4. The van der Waals surface area contributed by atoms with Gasteiger partial charge in [0.1, 0.15) is 12.4 Å². The summed E-state index contributed by atoms with van der Waals surface area (Å²) in [5.41, 5.74) is 2.37. The normalized spacial score (nSPS) is 12.2. The molecule has 2 nitrogen and oxygen atoms in total. The summed E-state index contributed by atoms with van der Waals surface area (Å²) in [6.07, 6.45) is 0. The summed E-state index contributed by atoms with van der Waals surface area (Å²) in [5.74, 6) is 0.948. The van der Waals surface area contributed by atoms with E-state index in [-0.39, 0.29) is 0 Å². The number of benzene rings is 2. The van der Waals surface area contributed by atoms with Crippen molar-refractivity contribution in [2.45, 2.75) is 26.5 Å². The van der Waals surface area contributed by atoms with Gasteiger partial charge in [-0.1, -0.05) is 53.2 Å². The second kappa shape index (κ2) is 7.46. The number of hydrogen-bond donors (Lipinski definition) is 1. The molecule has 20 heavy (non-hydrogen) atoms. The summed E-state index contributed by atoms with van der Waals surface area (Å²) >= 11 is 3.44. The van der Waals surface area contributed by atoms with Crippen LogP contribution in [0.25, 0.3) is 0 Å². The lowest BCUT2D eigenvalue weighted by atomic mass is 10.1. The average molecular weight is 334 g/mol. The van der Waals surface area contributed by atoms with Crippen LogP contribution in [0.1, 0.15) is 31.0 Å². The van der Waals surface area contributed by atoms with Crippen LogP contribution >= 0.6 is 15.9 Å². The summed E-state index contributed by atoms with van der Waals surface area (Å²) in [4.78, 5) is 0. The maximum Gasteiger partial charge on any atom is 0.124 e. The van der Waals surface area contributed by atoms with Gasteiger partial charge in [0.2, 0.25) is 0 Å². The van der Waals surface area contributed by atoms with Gasteiger partial charge in [-0.3, -0.25) is 0 Å². The van der Waals surface area contributed by atoms with E-state index in [4.69, 9.17) is 4.74 Å². The molecule has 2 aromatic carbocycles. The Morgan fingerprint density at radius 1 is 1.10 bits per heavy atom. The molecule has 0 radical (unpaired) electrons. The molecule has 0 bridgehead atoms. The second-order valence-electron chi connectivity index (χ2n) is 4.73. The van der Waals surface area contributed by atoms with Gasteiger partial charge in [0, 0.05) is 16.1 Å². The molecule has 2 aromatic rings. The second-order valence-corrected chi connectivity index (χ2v) is 5.65. The van der Waals surface area contributed by atoms with Crippen molar-refractivity contribution >= 4 is 15.9 Å². The van der Waals surface area contributed by atoms with Crippen molar-refractivity contribution in [1.82, 2.24) is 5.32 Å². The van der Waals surface area contributed by atoms with Crippen LogP contribution in [-0.2, 0) is 6.61 Å². The standard InChI is InChI=1S/C17H20BrNO/c1-3-19-13(2)16-6-4-5-7-17(16)20-12-14-8-10-15(18)11-9-14/h4-11,13,19H,3,12H2,1-2H3. The minimum absolute atomic E-state index is 0.293. The lowest BCUT2D eigenvalue weighted by Crippen LogP contribution is -2.18. The Labute approximate surface area is 129 Å². The highest BCUT2D eigenvalue weighted by Crippen LogP contribution is 2.25. The van der Waals surface area contributed by atoms with Crippen molar-refractivity contribution in [3.8, 4) is 5.75 Å². The fourth-order valence-corrected chi connectivity index (χ4v) is 2.39. The maximum absolute atomic E-state index is 5.98. The topological polar surface area (TPSA) is 21.3 Å². The van der Waals surface area contributed by atoms with Gasteiger partial charge in [0.25, 0.3) is 0 Å². The number of ether oxygens (including phenoxy) is 1. The van der Waals surface area contributed by atoms with Crippen LogP contribution in [-0.4, -0.2) is 6.54 Å². The largest absolute Gasteiger partial charge is 0.489 e. The van der Waals surface area contributed by atoms with Gasteiger partial charge >= 0.3 is 0 Å². The lowest BCUT2D eigenvalue weighted by Gasteiger charge is -2.17. The van der Waals surface area contributed by atoms with Crippen molar-refractivity contribution < 1.29 is 4.74 Å². The van der Waals surface area contributed by atoms with Crippen LogP contribution < -0.4 is 10.1 Å². The monoisotopic (exact) mass is 333 g/mol. The molecular weight excluding hydrogens is 314 g/mol. The first kappa shape index (κ1) is 15.1. The molecule has 0 amide bonds. The van der Waals surface area contributed by atoms with Crippen LogP contribution in [0.4, 0.5) is 0 Å². The van der Waals surface area contributed by atoms with Crippen molar-refractivity contribution in [2.24, 2.45) is 0 Å². The number of halogens is 1. The smallest absolute Gasteiger partial charge is 0.124 e. The summed E-state index contributed by atoms with van der Waals surface area (Å²) in [7, 11) is 0. The average Bonchev–Trinajstić information content (AvgIpc) is 2.47. The van der Waals surface area contributed by atoms with Gasteiger partial charge in [-0.05, 0) is 37.2 Å². The van der Waals surface area contributed by atoms with Crippen molar-refractivity contribution in [2.75, 3.05) is 6.54 Å². The van der Waals surface area contributed by atoms with E-state index in [0.29, 0.717) is 12.6 Å². The highest BCUT2D eigenvalue weighted by molar-refractivity contribution is 9.10. The van der Waals surface area contributed by atoms with Gasteiger partial charge in [-0.25, -0.2) is 0 Å². The van der Waals surface area contributed by atoms with E-state index in [0.717, 1.165) is 16.8 Å². The molecule has 1 unspecified atom stereocenters. The Kier molecular flexibility index (Phi) is 5.62. The zero-order valence-corrected chi connectivity index (χ0v) is 13.5. The number of para-hydroxylation sites is 1. The molecule has 2 rings (SSSR count). The molecule has 0 fully saturated rings. The predicted molar refractivity (Wildman–Crippen MR) is 87.0 cm³/mol. The van der Waals surface area contributed by atoms with E-state index in [1.807, 2.05) is 24.3 Å². The van der Waals surface area contributed by atoms with Crippen molar-refractivity contribution in [3.63, 3.8) is 0 Å².